The number of carbonyl (C=O) groups is 1. The van der Waals surface area contributed by atoms with Gasteiger partial charge in [0.05, 0.1) is 11.1 Å². The van der Waals surface area contributed by atoms with Crippen LogP contribution in [-0.4, -0.2) is 27.3 Å². The van der Waals surface area contributed by atoms with E-state index >= 15 is 0 Å². The molecule has 0 atom stereocenters. The van der Waals surface area contributed by atoms with Gasteiger partial charge in [0.1, 0.15) is 5.69 Å². The zero-order valence-electron chi connectivity index (χ0n) is 11.3. The lowest BCUT2D eigenvalue weighted by molar-refractivity contribution is -0.384. The van der Waals surface area contributed by atoms with E-state index in [-0.39, 0.29) is 17.0 Å². The number of hydrogen-bond donors (Lipinski definition) is 1. The maximum absolute atomic E-state index is 12.0. The minimum atomic E-state index is -0.508. The Morgan fingerprint density at radius 2 is 2.21 bits per heavy atom. The van der Waals surface area contributed by atoms with Gasteiger partial charge in [-0.2, -0.15) is 0 Å². The molecule has 0 unspecified atom stereocenters. The molecule has 0 aliphatic heterocycles. The van der Waals surface area contributed by atoms with E-state index in [1.807, 2.05) is 0 Å². The van der Waals surface area contributed by atoms with E-state index in [9.17, 15) is 14.9 Å². The van der Waals surface area contributed by atoms with Gasteiger partial charge < -0.3 is 9.88 Å². The molecule has 0 aliphatic rings. The summed E-state index contributed by atoms with van der Waals surface area (Å²) < 4.78 is 1.46. The molecule has 0 saturated carbocycles. The molecule has 0 bridgehead atoms. The second-order valence-corrected chi connectivity index (χ2v) is 6.03. The number of nitrogens with zero attached hydrogens (tertiary/aromatic N) is 2. The van der Waals surface area contributed by atoms with Crippen molar-refractivity contribution in [3.05, 3.63) is 28.1 Å². The Hall–Kier alpha value is -1.37. The maximum Gasteiger partial charge on any atom is 0.287 e. The van der Waals surface area contributed by atoms with Crippen LogP contribution < -0.4 is 5.32 Å². The van der Waals surface area contributed by atoms with Crippen molar-refractivity contribution in [1.29, 1.82) is 0 Å². The Labute approximate surface area is 120 Å². The molecular weight excluding hydrogens is 314 g/mol. The largest absolute Gasteiger partial charge is 0.350 e. The highest BCUT2D eigenvalue weighted by molar-refractivity contribution is 9.09. The van der Waals surface area contributed by atoms with Gasteiger partial charge in [0.25, 0.3) is 11.6 Å². The van der Waals surface area contributed by atoms with Crippen LogP contribution in [-0.2, 0) is 7.05 Å². The first-order valence-electron chi connectivity index (χ1n) is 5.92. The molecule has 1 N–H and O–H groups in total. The van der Waals surface area contributed by atoms with Crippen LogP contribution in [0.1, 0.15) is 30.8 Å². The van der Waals surface area contributed by atoms with Crippen LogP contribution >= 0.6 is 15.9 Å². The summed E-state index contributed by atoms with van der Waals surface area (Å²) in [6, 6.07) is 1.28. The topological polar surface area (TPSA) is 77.2 Å². The van der Waals surface area contributed by atoms with E-state index in [2.05, 4.69) is 35.1 Å². The minimum Gasteiger partial charge on any atom is -0.350 e. The number of nitro groups is 1. The molecule has 0 radical (unpaired) electrons. The zero-order valence-corrected chi connectivity index (χ0v) is 12.9. The van der Waals surface area contributed by atoms with Crippen LogP contribution in [0.3, 0.4) is 0 Å². The monoisotopic (exact) mass is 331 g/mol. The number of nitrogens with one attached hydrogen (secondary N) is 1. The number of amides is 1. The van der Waals surface area contributed by atoms with Crippen molar-refractivity contribution >= 4 is 27.5 Å². The van der Waals surface area contributed by atoms with E-state index in [1.165, 1.54) is 16.8 Å². The molecule has 106 valence electrons. The Bertz CT molecular complexity index is 483. The highest BCUT2D eigenvalue weighted by atomic mass is 79.9. The highest BCUT2D eigenvalue weighted by Crippen LogP contribution is 2.20. The lowest BCUT2D eigenvalue weighted by Gasteiger charge is -2.23. The van der Waals surface area contributed by atoms with Crippen molar-refractivity contribution in [2.24, 2.45) is 12.5 Å². The number of halogens is 1. The molecule has 7 heteroatoms. The minimum absolute atomic E-state index is 0.0176. The Balaban J connectivity index is 2.71. The molecule has 1 aromatic heterocycles. The molecular formula is C12H18BrN3O3. The van der Waals surface area contributed by atoms with Crippen LogP contribution in [0.4, 0.5) is 5.69 Å². The van der Waals surface area contributed by atoms with Crippen molar-refractivity contribution in [3.8, 4) is 0 Å². The fraction of sp³-hybridized carbons (Fsp3) is 0.583. The van der Waals surface area contributed by atoms with Gasteiger partial charge in [-0.25, -0.2) is 0 Å². The van der Waals surface area contributed by atoms with Crippen molar-refractivity contribution in [1.82, 2.24) is 9.88 Å². The molecule has 1 amide bonds. The fourth-order valence-electron chi connectivity index (χ4n) is 1.63. The Kier molecular flexibility index (Phi) is 5.11. The summed E-state index contributed by atoms with van der Waals surface area (Å²) in [5.41, 5.74) is 0.199. The molecule has 1 aromatic rings. The third-order valence-electron chi connectivity index (χ3n) is 2.93. The number of rotatable bonds is 6. The molecule has 0 aromatic carbocycles. The van der Waals surface area contributed by atoms with Crippen LogP contribution in [0, 0.1) is 15.5 Å². The predicted molar refractivity (Wildman–Crippen MR) is 76.6 cm³/mol. The second-order valence-electron chi connectivity index (χ2n) is 5.24. The molecule has 1 heterocycles. The van der Waals surface area contributed by atoms with Gasteiger partial charge in [-0.15, -0.1) is 0 Å². The fourth-order valence-corrected chi connectivity index (χ4v) is 2.70. The van der Waals surface area contributed by atoms with Gasteiger partial charge in [0, 0.05) is 25.0 Å². The smallest absolute Gasteiger partial charge is 0.287 e. The Morgan fingerprint density at radius 1 is 1.58 bits per heavy atom. The number of aryl methyl sites for hydroxylation is 1. The summed E-state index contributed by atoms with van der Waals surface area (Å²) in [4.78, 5) is 22.1. The van der Waals surface area contributed by atoms with Gasteiger partial charge >= 0.3 is 0 Å². The summed E-state index contributed by atoms with van der Waals surface area (Å²) in [5, 5.41) is 14.3. The Morgan fingerprint density at radius 3 is 2.68 bits per heavy atom. The van der Waals surface area contributed by atoms with Crippen LogP contribution in [0.2, 0.25) is 0 Å². The first kappa shape index (κ1) is 15.7. The first-order valence-corrected chi connectivity index (χ1v) is 7.04. The van der Waals surface area contributed by atoms with Crippen molar-refractivity contribution in [3.63, 3.8) is 0 Å². The zero-order chi connectivity index (χ0) is 14.6. The van der Waals surface area contributed by atoms with Gasteiger partial charge in [-0.3, -0.25) is 14.9 Å². The molecule has 0 saturated heterocycles. The SMILES string of the molecule is Cn1cc([N+](=O)[O-])cc1C(=O)NCC(C)(C)CCBr. The lowest BCUT2D eigenvalue weighted by Crippen LogP contribution is -2.35. The number of aromatic nitrogens is 1. The molecule has 0 spiro atoms. The van der Waals surface area contributed by atoms with E-state index in [1.54, 1.807) is 7.05 Å². The average molecular weight is 332 g/mol. The predicted octanol–water partition coefficient (Wildman–Crippen LogP) is 2.47. The van der Waals surface area contributed by atoms with E-state index in [0.717, 1.165) is 11.8 Å². The number of alkyl halides is 1. The van der Waals surface area contributed by atoms with E-state index in [0.29, 0.717) is 12.2 Å². The number of hydrogen-bond acceptors (Lipinski definition) is 3. The van der Waals surface area contributed by atoms with Gasteiger partial charge in [0.15, 0.2) is 0 Å². The summed E-state index contributed by atoms with van der Waals surface area (Å²) in [7, 11) is 1.62. The summed E-state index contributed by atoms with van der Waals surface area (Å²) in [6.45, 7) is 4.64. The van der Waals surface area contributed by atoms with Crippen molar-refractivity contribution in [2.75, 3.05) is 11.9 Å². The summed E-state index contributed by atoms with van der Waals surface area (Å²) in [6.07, 6.45) is 2.26. The standard InChI is InChI=1S/C12H18BrN3O3/c1-12(2,4-5-13)8-14-11(17)10-6-9(16(18)19)7-15(10)3/h6-7H,4-5,8H2,1-3H3,(H,14,17). The molecule has 19 heavy (non-hydrogen) atoms. The van der Waals surface area contributed by atoms with Crippen LogP contribution in [0.5, 0.6) is 0 Å². The maximum atomic E-state index is 12.0. The van der Waals surface area contributed by atoms with Crippen LogP contribution in [0.15, 0.2) is 12.3 Å². The highest BCUT2D eigenvalue weighted by Gasteiger charge is 2.21. The van der Waals surface area contributed by atoms with Crippen molar-refractivity contribution in [2.45, 2.75) is 20.3 Å². The molecule has 1 rings (SSSR count). The summed E-state index contributed by atoms with van der Waals surface area (Å²) in [5.74, 6) is -0.293. The summed E-state index contributed by atoms with van der Waals surface area (Å²) >= 11 is 3.38. The van der Waals surface area contributed by atoms with E-state index in [4.69, 9.17) is 0 Å². The first-order chi connectivity index (χ1) is 8.76. The normalized spacial score (nSPS) is 11.4. The van der Waals surface area contributed by atoms with E-state index < -0.39 is 4.92 Å². The molecule has 6 nitrogen and oxygen atoms in total. The molecule has 0 fully saturated rings. The quantitative estimate of drug-likeness (QED) is 0.494. The van der Waals surface area contributed by atoms with Crippen LogP contribution in [0.25, 0.3) is 0 Å². The van der Waals surface area contributed by atoms with Gasteiger partial charge in [0.2, 0.25) is 0 Å². The third kappa shape index (κ3) is 4.34. The van der Waals surface area contributed by atoms with Gasteiger partial charge in [-0.05, 0) is 11.8 Å². The van der Waals surface area contributed by atoms with Crippen molar-refractivity contribution < 1.29 is 9.72 Å². The third-order valence-corrected chi connectivity index (χ3v) is 3.33. The lowest BCUT2D eigenvalue weighted by atomic mass is 9.90. The average Bonchev–Trinajstić information content (AvgIpc) is 2.68. The number of carbonyl (C=O) groups excluding carboxylic acids is 1. The second kappa shape index (κ2) is 6.18. The molecule has 0 aliphatic carbocycles. The van der Waals surface area contributed by atoms with Gasteiger partial charge in [-0.1, -0.05) is 29.8 Å².